The Morgan fingerprint density at radius 1 is 0.298 bits per heavy atom. The van der Waals surface area contributed by atoms with Crippen LogP contribution >= 0.6 is 0 Å². The average molecular weight is 596 g/mol. The standard InChI is InChI=1S/C46H29N/c1-2-13-33(14-3-1)47(44-22-8-12-31-11-4-5-15-35(31)44)34-26-23-30(24-27-34)32-25-28-37-40-19-10-20-41-42-21-9-18-39(46(42)43(37)29-32)36-16-6-7-17-38(36)45(40)41/h1-29H. The summed E-state index contributed by atoms with van der Waals surface area (Å²) < 4.78 is 0. The SMILES string of the molecule is c1ccc(N(c2ccc(-c3ccc4c(c3)-c3c5cccc3-c3cccc-4c3-c3ccccc3-5)cc2)c2cccc3ccccc23)cc1. The Bertz CT molecular complexity index is 2480. The van der Waals surface area contributed by atoms with Crippen LogP contribution in [-0.4, -0.2) is 0 Å². The molecular formula is C46H29N. The van der Waals surface area contributed by atoms with Crippen LogP contribution in [0.15, 0.2) is 176 Å². The highest BCUT2D eigenvalue weighted by Gasteiger charge is 2.30. The molecule has 0 aliphatic heterocycles. The van der Waals surface area contributed by atoms with Crippen LogP contribution in [0.5, 0.6) is 0 Å². The smallest absolute Gasteiger partial charge is 0.0540 e. The van der Waals surface area contributed by atoms with Gasteiger partial charge in [-0.3, -0.25) is 0 Å². The first kappa shape index (κ1) is 26.1. The van der Waals surface area contributed by atoms with Crippen molar-refractivity contribution < 1.29 is 0 Å². The summed E-state index contributed by atoms with van der Waals surface area (Å²) in [4.78, 5) is 2.36. The quantitative estimate of drug-likeness (QED) is 0.196. The molecule has 0 N–H and O–H groups in total. The van der Waals surface area contributed by atoms with Gasteiger partial charge in [0, 0.05) is 16.8 Å². The molecule has 0 radical (unpaired) electrons. The fourth-order valence-corrected chi connectivity index (χ4v) is 7.89. The molecule has 8 aromatic carbocycles. The highest BCUT2D eigenvalue weighted by atomic mass is 15.1. The number of hydrogen-bond donors (Lipinski definition) is 0. The molecule has 0 aromatic heterocycles. The largest absolute Gasteiger partial charge is 0.310 e. The van der Waals surface area contributed by atoms with Gasteiger partial charge in [0.25, 0.3) is 0 Å². The summed E-state index contributed by atoms with van der Waals surface area (Å²) in [6.07, 6.45) is 0. The van der Waals surface area contributed by atoms with Gasteiger partial charge in [0.1, 0.15) is 0 Å². The summed E-state index contributed by atoms with van der Waals surface area (Å²) in [5, 5.41) is 2.46. The molecule has 0 heterocycles. The number of rotatable bonds is 4. The molecule has 47 heavy (non-hydrogen) atoms. The molecule has 0 saturated carbocycles. The van der Waals surface area contributed by atoms with Gasteiger partial charge in [0.15, 0.2) is 0 Å². The topological polar surface area (TPSA) is 3.24 Å². The Balaban J connectivity index is 1.13. The molecule has 10 rings (SSSR count). The first-order valence-electron chi connectivity index (χ1n) is 16.3. The van der Waals surface area contributed by atoms with E-state index >= 15 is 0 Å². The second-order valence-corrected chi connectivity index (χ2v) is 12.5. The van der Waals surface area contributed by atoms with Crippen molar-refractivity contribution in [1.82, 2.24) is 0 Å². The number of hydrogen-bond acceptors (Lipinski definition) is 1. The lowest BCUT2D eigenvalue weighted by molar-refractivity contribution is 1.30. The summed E-state index contributed by atoms with van der Waals surface area (Å²) in [5.74, 6) is 0. The molecule has 2 aliphatic rings. The van der Waals surface area contributed by atoms with E-state index in [0.29, 0.717) is 0 Å². The third kappa shape index (κ3) is 3.90. The molecule has 0 unspecified atom stereocenters. The lowest BCUT2D eigenvalue weighted by atomic mass is 9.83. The summed E-state index contributed by atoms with van der Waals surface area (Å²) >= 11 is 0. The molecular weight excluding hydrogens is 567 g/mol. The highest BCUT2D eigenvalue weighted by Crippen LogP contribution is 2.57. The fraction of sp³-hybridized carbons (Fsp3) is 0. The minimum atomic E-state index is 1.13. The molecule has 0 amide bonds. The van der Waals surface area contributed by atoms with E-state index in [1.165, 1.54) is 83.2 Å². The minimum absolute atomic E-state index is 1.13. The molecule has 0 spiro atoms. The zero-order valence-electron chi connectivity index (χ0n) is 25.7. The fourth-order valence-electron chi connectivity index (χ4n) is 7.89. The highest BCUT2D eigenvalue weighted by molar-refractivity contribution is 6.15. The van der Waals surface area contributed by atoms with E-state index in [9.17, 15) is 0 Å². The van der Waals surface area contributed by atoms with E-state index in [2.05, 4.69) is 181 Å². The molecule has 2 aliphatic carbocycles. The maximum absolute atomic E-state index is 2.42. The van der Waals surface area contributed by atoms with Gasteiger partial charge in [0.2, 0.25) is 0 Å². The second kappa shape index (κ2) is 10.2. The van der Waals surface area contributed by atoms with E-state index in [1.807, 2.05) is 0 Å². The summed E-state index contributed by atoms with van der Waals surface area (Å²) in [6.45, 7) is 0. The number of benzene rings is 8. The van der Waals surface area contributed by atoms with Gasteiger partial charge in [-0.05, 0) is 109 Å². The molecule has 1 heteroatoms. The summed E-state index contributed by atoms with van der Waals surface area (Å²) in [6, 6.07) is 64.5. The van der Waals surface area contributed by atoms with Gasteiger partial charge in [-0.1, -0.05) is 140 Å². The first-order chi connectivity index (χ1) is 23.3. The zero-order chi connectivity index (χ0) is 30.9. The van der Waals surface area contributed by atoms with E-state index in [-0.39, 0.29) is 0 Å². The Morgan fingerprint density at radius 2 is 0.809 bits per heavy atom. The number of para-hydroxylation sites is 1. The van der Waals surface area contributed by atoms with E-state index in [4.69, 9.17) is 0 Å². The van der Waals surface area contributed by atoms with Gasteiger partial charge in [-0.25, -0.2) is 0 Å². The van der Waals surface area contributed by atoms with Crippen molar-refractivity contribution in [3.8, 4) is 66.8 Å². The molecule has 1 nitrogen and oxygen atoms in total. The van der Waals surface area contributed by atoms with Crippen LogP contribution in [0.25, 0.3) is 77.5 Å². The van der Waals surface area contributed by atoms with Crippen molar-refractivity contribution in [3.63, 3.8) is 0 Å². The van der Waals surface area contributed by atoms with Crippen LogP contribution in [0.2, 0.25) is 0 Å². The lowest BCUT2D eigenvalue weighted by Gasteiger charge is -2.27. The normalized spacial score (nSPS) is 11.8. The molecule has 0 atom stereocenters. The van der Waals surface area contributed by atoms with Crippen molar-refractivity contribution in [2.75, 3.05) is 4.90 Å². The van der Waals surface area contributed by atoms with E-state index in [1.54, 1.807) is 0 Å². The van der Waals surface area contributed by atoms with E-state index in [0.717, 1.165) is 11.4 Å². The third-order valence-corrected chi connectivity index (χ3v) is 9.97. The predicted octanol–water partition coefficient (Wildman–Crippen LogP) is 12.9. The van der Waals surface area contributed by atoms with Crippen LogP contribution < -0.4 is 4.90 Å². The molecule has 218 valence electrons. The number of nitrogens with zero attached hydrogens (tertiary/aromatic N) is 1. The predicted molar refractivity (Wildman–Crippen MR) is 198 cm³/mol. The maximum atomic E-state index is 2.42. The van der Waals surface area contributed by atoms with Crippen molar-refractivity contribution in [2.24, 2.45) is 0 Å². The lowest BCUT2D eigenvalue weighted by Crippen LogP contribution is -2.10. The van der Waals surface area contributed by atoms with Crippen molar-refractivity contribution in [3.05, 3.63) is 176 Å². The molecule has 0 fully saturated rings. The second-order valence-electron chi connectivity index (χ2n) is 12.5. The summed E-state index contributed by atoms with van der Waals surface area (Å²) in [7, 11) is 0. The van der Waals surface area contributed by atoms with Crippen LogP contribution in [0.4, 0.5) is 17.1 Å². The monoisotopic (exact) mass is 595 g/mol. The average Bonchev–Trinajstić information content (AvgIpc) is 3.25. The van der Waals surface area contributed by atoms with Gasteiger partial charge in [0.05, 0.1) is 5.69 Å². The molecule has 6 bridgehead atoms. The zero-order valence-corrected chi connectivity index (χ0v) is 25.7. The van der Waals surface area contributed by atoms with Crippen molar-refractivity contribution in [2.45, 2.75) is 0 Å². The minimum Gasteiger partial charge on any atom is -0.310 e. The Kier molecular flexibility index (Phi) is 5.64. The van der Waals surface area contributed by atoms with Crippen molar-refractivity contribution >= 4 is 27.8 Å². The van der Waals surface area contributed by atoms with Gasteiger partial charge in [-0.2, -0.15) is 0 Å². The van der Waals surface area contributed by atoms with Gasteiger partial charge < -0.3 is 4.90 Å². The first-order valence-corrected chi connectivity index (χ1v) is 16.3. The van der Waals surface area contributed by atoms with Crippen LogP contribution in [0.1, 0.15) is 0 Å². The Labute approximate surface area is 274 Å². The van der Waals surface area contributed by atoms with Crippen LogP contribution in [0.3, 0.4) is 0 Å². The Morgan fingerprint density at radius 3 is 1.57 bits per heavy atom. The molecule has 8 aromatic rings. The number of fused-ring (bicyclic) bond motifs is 5. The number of anilines is 3. The molecule has 0 saturated heterocycles. The van der Waals surface area contributed by atoms with Gasteiger partial charge in [-0.15, -0.1) is 0 Å². The van der Waals surface area contributed by atoms with E-state index < -0.39 is 0 Å². The van der Waals surface area contributed by atoms with Crippen LogP contribution in [0, 0.1) is 0 Å². The summed E-state index contributed by atoms with van der Waals surface area (Å²) in [5.41, 5.74) is 19.0. The van der Waals surface area contributed by atoms with Crippen molar-refractivity contribution in [1.29, 1.82) is 0 Å². The van der Waals surface area contributed by atoms with Crippen LogP contribution in [-0.2, 0) is 0 Å². The maximum Gasteiger partial charge on any atom is 0.0540 e. The van der Waals surface area contributed by atoms with Gasteiger partial charge >= 0.3 is 0 Å². The third-order valence-electron chi connectivity index (χ3n) is 9.97. The Hall–Kier alpha value is -6.18.